The molecular weight excluding hydrogens is 204 g/mol. The molecule has 0 amide bonds. The van der Waals surface area contributed by atoms with Crippen molar-refractivity contribution in [3.05, 3.63) is 31.2 Å². The van der Waals surface area contributed by atoms with Gasteiger partial charge in [0.25, 0.3) is 0 Å². The Morgan fingerprint density at radius 1 is 0.647 bits per heavy atom. The molecule has 0 spiro atoms. The number of allylic oxidation sites excluding steroid dienone is 4. The predicted molar refractivity (Wildman–Crippen MR) is 80.1 cm³/mol. The summed E-state index contributed by atoms with van der Waals surface area (Å²) in [5, 5.41) is 0. The van der Waals surface area contributed by atoms with Gasteiger partial charge in [-0.05, 0) is 44.9 Å². The molecular formula is C17H31. The van der Waals surface area contributed by atoms with E-state index in [1.807, 2.05) is 0 Å². The molecule has 17 heavy (non-hydrogen) atoms. The van der Waals surface area contributed by atoms with Crippen molar-refractivity contribution in [2.45, 2.75) is 77.6 Å². The van der Waals surface area contributed by atoms with Crippen molar-refractivity contribution in [1.82, 2.24) is 0 Å². The number of unbranched alkanes of at least 4 members (excludes halogenated alkanes) is 8. The van der Waals surface area contributed by atoms with E-state index in [0.29, 0.717) is 0 Å². The van der Waals surface area contributed by atoms with E-state index in [9.17, 15) is 0 Å². The van der Waals surface area contributed by atoms with E-state index in [4.69, 9.17) is 0 Å². The van der Waals surface area contributed by atoms with Gasteiger partial charge in [-0.3, -0.25) is 0 Å². The minimum absolute atomic E-state index is 1.10. The van der Waals surface area contributed by atoms with Crippen molar-refractivity contribution in [2.24, 2.45) is 0 Å². The molecule has 0 aliphatic rings. The van der Waals surface area contributed by atoms with Crippen molar-refractivity contribution in [1.29, 1.82) is 0 Å². The van der Waals surface area contributed by atoms with Crippen molar-refractivity contribution < 1.29 is 0 Å². The van der Waals surface area contributed by atoms with Crippen LogP contribution in [0.2, 0.25) is 0 Å². The number of hydrogen-bond donors (Lipinski definition) is 0. The van der Waals surface area contributed by atoms with Gasteiger partial charge in [0.2, 0.25) is 0 Å². The summed E-state index contributed by atoms with van der Waals surface area (Å²) in [6, 6.07) is 0. The van der Waals surface area contributed by atoms with Gasteiger partial charge in [-0.15, -0.1) is 0 Å². The highest BCUT2D eigenvalue weighted by molar-refractivity contribution is 4.83. The van der Waals surface area contributed by atoms with Crippen LogP contribution in [0.25, 0.3) is 0 Å². The first-order valence-corrected chi connectivity index (χ1v) is 7.51. The summed E-state index contributed by atoms with van der Waals surface area (Å²) >= 11 is 0. The van der Waals surface area contributed by atoms with Crippen LogP contribution in [-0.2, 0) is 0 Å². The summed E-state index contributed by atoms with van der Waals surface area (Å²) in [6.07, 6.45) is 23.4. The fraction of sp³-hybridized carbons (Fsp3) is 0.706. The van der Waals surface area contributed by atoms with Crippen LogP contribution in [0, 0.1) is 6.92 Å². The lowest BCUT2D eigenvalue weighted by molar-refractivity contribution is 0.650. The van der Waals surface area contributed by atoms with E-state index in [0.717, 1.165) is 6.42 Å². The summed E-state index contributed by atoms with van der Waals surface area (Å²) in [5.74, 6) is 0. The molecule has 0 saturated carbocycles. The zero-order chi connectivity index (χ0) is 12.6. The Kier molecular flexibility index (Phi) is 15.0. The van der Waals surface area contributed by atoms with Crippen LogP contribution in [0.1, 0.15) is 77.6 Å². The van der Waals surface area contributed by atoms with Crippen molar-refractivity contribution in [3.8, 4) is 0 Å². The summed E-state index contributed by atoms with van der Waals surface area (Å²) in [4.78, 5) is 0. The minimum Gasteiger partial charge on any atom is -0.0888 e. The summed E-state index contributed by atoms with van der Waals surface area (Å²) in [6.45, 7) is 6.05. The van der Waals surface area contributed by atoms with E-state index in [2.05, 4.69) is 38.2 Å². The molecule has 0 fully saturated rings. The first-order chi connectivity index (χ1) is 8.41. The monoisotopic (exact) mass is 235 g/mol. The third kappa shape index (κ3) is 15.5. The van der Waals surface area contributed by atoms with Gasteiger partial charge in [0, 0.05) is 0 Å². The Morgan fingerprint density at radius 3 is 1.65 bits per heavy atom. The largest absolute Gasteiger partial charge is 0.0888 e. The molecule has 1 radical (unpaired) electrons. The smallest absolute Gasteiger partial charge is 0.0351 e. The average Bonchev–Trinajstić information content (AvgIpc) is 2.35. The van der Waals surface area contributed by atoms with Gasteiger partial charge in [-0.1, -0.05) is 63.8 Å². The third-order valence-corrected chi connectivity index (χ3v) is 2.93. The topological polar surface area (TPSA) is 0 Å². The molecule has 0 aliphatic heterocycles. The normalized spacial score (nSPS) is 11.9. The van der Waals surface area contributed by atoms with E-state index in [-0.39, 0.29) is 0 Å². The highest BCUT2D eigenvalue weighted by Gasteiger charge is 1.87. The maximum absolute atomic E-state index is 3.86. The Hall–Kier alpha value is -0.520. The van der Waals surface area contributed by atoms with Gasteiger partial charge >= 0.3 is 0 Å². The zero-order valence-corrected chi connectivity index (χ0v) is 11.8. The van der Waals surface area contributed by atoms with E-state index in [1.165, 1.54) is 64.2 Å². The third-order valence-electron chi connectivity index (χ3n) is 2.93. The van der Waals surface area contributed by atoms with Gasteiger partial charge in [0.1, 0.15) is 0 Å². The first kappa shape index (κ1) is 16.5. The minimum atomic E-state index is 1.10. The molecule has 0 saturated heterocycles. The number of hydrogen-bond acceptors (Lipinski definition) is 0. The fourth-order valence-corrected chi connectivity index (χ4v) is 1.84. The molecule has 0 aliphatic carbocycles. The van der Waals surface area contributed by atoms with Crippen LogP contribution >= 0.6 is 0 Å². The predicted octanol–water partition coefficient (Wildman–Crippen LogP) is 6.24. The molecule has 0 nitrogen and oxygen atoms in total. The molecule has 0 rings (SSSR count). The molecule has 0 heterocycles. The Bertz CT molecular complexity index is 176. The van der Waals surface area contributed by atoms with Crippen molar-refractivity contribution in [2.75, 3.05) is 0 Å². The Morgan fingerprint density at radius 2 is 1.12 bits per heavy atom. The SMILES string of the molecule is [CH2]CCCCCCC=CCCCCC=CCC. The zero-order valence-electron chi connectivity index (χ0n) is 11.8. The van der Waals surface area contributed by atoms with Crippen LogP contribution in [0.4, 0.5) is 0 Å². The fourth-order valence-electron chi connectivity index (χ4n) is 1.84. The summed E-state index contributed by atoms with van der Waals surface area (Å²) < 4.78 is 0. The van der Waals surface area contributed by atoms with Gasteiger partial charge in [0.05, 0.1) is 0 Å². The summed E-state index contributed by atoms with van der Waals surface area (Å²) in [7, 11) is 0. The highest BCUT2D eigenvalue weighted by atomic mass is 13.9. The van der Waals surface area contributed by atoms with Crippen molar-refractivity contribution in [3.63, 3.8) is 0 Å². The van der Waals surface area contributed by atoms with Gasteiger partial charge in [0.15, 0.2) is 0 Å². The first-order valence-electron chi connectivity index (χ1n) is 7.51. The van der Waals surface area contributed by atoms with Crippen molar-refractivity contribution >= 4 is 0 Å². The molecule has 0 aromatic rings. The molecule has 0 atom stereocenters. The van der Waals surface area contributed by atoms with Crippen LogP contribution in [-0.4, -0.2) is 0 Å². The van der Waals surface area contributed by atoms with Crippen LogP contribution in [0.3, 0.4) is 0 Å². The molecule has 0 heteroatoms. The van der Waals surface area contributed by atoms with E-state index in [1.54, 1.807) is 0 Å². The van der Waals surface area contributed by atoms with Crippen LogP contribution < -0.4 is 0 Å². The second kappa shape index (κ2) is 15.5. The average molecular weight is 235 g/mol. The maximum atomic E-state index is 3.86. The Labute approximate surface area is 109 Å². The maximum Gasteiger partial charge on any atom is -0.0351 e. The van der Waals surface area contributed by atoms with Gasteiger partial charge in [-0.25, -0.2) is 0 Å². The lowest BCUT2D eigenvalue weighted by Gasteiger charge is -1.96. The molecule has 99 valence electrons. The van der Waals surface area contributed by atoms with Gasteiger partial charge < -0.3 is 0 Å². The van der Waals surface area contributed by atoms with Gasteiger partial charge in [-0.2, -0.15) is 0 Å². The Balaban J connectivity index is 3.07. The summed E-state index contributed by atoms with van der Waals surface area (Å²) in [5.41, 5.74) is 0. The molecule has 0 unspecified atom stereocenters. The van der Waals surface area contributed by atoms with E-state index < -0.39 is 0 Å². The molecule has 0 bridgehead atoms. The second-order valence-electron chi connectivity index (χ2n) is 4.69. The van der Waals surface area contributed by atoms with Crippen LogP contribution in [0.5, 0.6) is 0 Å². The molecule has 0 aromatic carbocycles. The molecule has 0 aromatic heterocycles. The molecule has 0 N–H and O–H groups in total. The van der Waals surface area contributed by atoms with E-state index >= 15 is 0 Å². The number of rotatable bonds is 12. The lowest BCUT2D eigenvalue weighted by atomic mass is 10.1. The standard InChI is InChI=1S/C17H31/c1-3-5-7-9-11-13-15-17-16-14-12-10-8-6-4-2/h6,8,15,17H,1,3-5,7,9-14,16H2,2H3. The highest BCUT2D eigenvalue weighted by Crippen LogP contribution is 2.07. The van der Waals surface area contributed by atoms with Crippen LogP contribution in [0.15, 0.2) is 24.3 Å². The quantitative estimate of drug-likeness (QED) is 0.277. The lowest BCUT2D eigenvalue weighted by Crippen LogP contribution is -1.76. The second-order valence-corrected chi connectivity index (χ2v) is 4.69.